The number of benzene rings is 1. The van der Waals surface area contributed by atoms with E-state index in [9.17, 15) is 17.6 Å². The van der Waals surface area contributed by atoms with E-state index in [1.807, 2.05) is 0 Å². The number of hydrogen-bond donors (Lipinski definition) is 2. The first kappa shape index (κ1) is 16.2. The SMILES string of the molecule is O=C(O)CC1(CNS(=O)(=O)c2ccc(F)cc2Cl)CCC1. The van der Waals surface area contributed by atoms with Crippen molar-refractivity contribution in [3.05, 3.63) is 29.0 Å². The van der Waals surface area contributed by atoms with Gasteiger partial charge in [-0.1, -0.05) is 18.0 Å². The van der Waals surface area contributed by atoms with Crippen molar-refractivity contribution in [2.24, 2.45) is 5.41 Å². The van der Waals surface area contributed by atoms with Crippen LogP contribution in [0.3, 0.4) is 0 Å². The standard InChI is InChI=1S/C13H15ClFNO4S/c14-10-6-9(15)2-3-11(10)21(19,20)16-8-13(4-1-5-13)7-12(17)18/h2-3,6,16H,1,4-5,7-8H2,(H,17,18). The lowest BCUT2D eigenvalue weighted by Crippen LogP contribution is -2.43. The molecule has 0 unspecified atom stereocenters. The smallest absolute Gasteiger partial charge is 0.303 e. The Morgan fingerprint density at radius 3 is 2.57 bits per heavy atom. The van der Waals surface area contributed by atoms with Crippen molar-refractivity contribution in [1.82, 2.24) is 4.72 Å². The van der Waals surface area contributed by atoms with Crippen molar-refractivity contribution in [2.45, 2.75) is 30.6 Å². The number of carboxylic acids is 1. The van der Waals surface area contributed by atoms with Crippen LogP contribution in [0, 0.1) is 11.2 Å². The van der Waals surface area contributed by atoms with Gasteiger partial charge >= 0.3 is 5.97 Å². The summed E-state index contributed by atoms with van der Waals surface area (Å²) in [5, 5.41) is 8.69. The Hall–Kier alpha value is -1.18. The second-order valence-corrected chi connectivity index (χ2v) is 7.47. The van der Waals surface area contributed by atoms with Gasteiger partial charge in [-0.2, -0.15) is 0 Å². The molecule has 1 aliphatic rings. The molecule has 0 aliphatic heterocycles. The third-order valence-corrected chi connectivity index (χ3v) is 5.65. The van der Waals surface area contributed by atoms with Crippen LogP contribution in [0.25, 0.3) is 0 Å². The number of aliphatic carboxylic acids is 1. The molecule has 1 aromatic carbocycles. The predicted octanol–water partition coefficient (Wildman–Crippen LogP) is 2.40. The minimum Gasteiger partial charge on any atom is -0.481 e. The molecule has 1 saturated carbocycles. The van der Waals surface area contributed by atoms with Crippen LogP contribution < -0.4 is 4.72 Å². The van der Waals surface area contributed by atoms with E-state index in [0.29, 0.717) is 12.8 Å². The highest BCUT2D eigenvalue weighted by atomic mass is 35.5. The third kappa shape index (κ3) is 3.72. The molecule has 0 saturated heterocycles. The van der Waals surface area contributed by atoms with Crippen molar-refractivity contribution < 1.29 is 22.7 Å². The molecule has 5 nitrogen and oxygen atoms in total. The molecule has 1 fully saturated rings. The highest BCUT2D eigenvalue weighted by Gasteiger charge is 2.40. The predicted molar refractivity (Wildman–Crippen MR) is 75.1 cm³/mol. The van der Waals surface area contributed by atoms with E-state index >= 15 is 0 Å². The quantitative estimate of drug-likeness (QED) is 0.836. The summed E-state index contributed by atoms with van der Waals surface area (Å²) in [6.45, 7) is 0.0370. The first-order chi connectivity index (χ1) is 9.74. The fourth-order valence-corrected chi connectivity index (χ4v) is 4.12. The van der Waals surface area contributed by atoms with Gasteiger partial charge in [-0.15, -0.1) is 0 Å². The molecule has 1 aliphatic carbocycles. The van der Waals surface area contributed by atoms with Crippen LogP contribution in [0.15, 0.2) is 23.1 Å². The maximum Gasteiger partial charge on any atom is 0.303 e. The Bertz CT molecular complexity index is 658. The van der Waals surface area contributed by atoms with Crippen molar-refractivity contribution in [3.8, 4) is 0 Å². The van der Waals surface area contributed by atoms with Crippen LogP contribution in [0.2, 0.25) is 5.02 Å². The van der Waals surface area contributed by atoms with Gasteiger partial charge in [0.05, 0.1) is 11.4 Å². The van der Waals surface area contributed by atoms with Crippen LogP contribution in [0.1, 0.15) is 25.7 Å². The summed E-state index contributed by atoms with van der Waals surface area (Å²) in [7, 11) is -3.89. The fraction of sp³-hybridized carbons (Fsp3) is 0.462. The summed E-state index contributed by atoms with van der Waals surface area (Å²) in [6, 6.07) is 3.02. The summed E-state index contributed by atoms with van der Waals surface area (Å²) in [5.74, 6) is -1.57. The normalized spacial score (nSPS) is 17.2. The first-order valence-corrected chi connectivity index (χ1v) is 8.27. The zero-order valence-electron chi connectivity index (χ0n) is 11.1. The van der Waals surface area contributed by atoms with Gasteiger partial charge in [0.25, 0.3) is 0 Å². The largest absolute Gasteiger partial charge is 0.481 e. The Kier molecular flexibility index (Phi) is 4.55. The Morgan fingerprint density at radius 2 is 2.10 bits per heavy atom. The van der Waals surface area contributed by atoms with Gasteiger partial charge in [-0.05, 0) is 36.5 Å². The molecule has 2 N–H and O–H groups in total. The Morgan fingerprint density at radius 1 is 1.43 bits per heavy atom. The summed E-state index contributed by atoms with van der Waals surface area (Å²) >= 11 is 5.74. The van der Waals surface area contributed by atoms with Crippen molar-refractivity contribution in [2.75, 3.05) is 6.54 Å². The van der Waals surface area contributed by atoms with Gasteiger partial charge in [0.15, 0.2) is 0 Å². The lowest BCUT2D eigenvalue weighted by molar-refractivity contribution is -0.141. The molecule has 0 heterocycles. The number of carboxylic acid groups (broad SMARTS) is 1. The fourth-order valence-electron chi connectivity index (χ4n) is 2.43. The molecule has 8 heteroatoms. The number of halogens is 2. The van der Waals surface area contributed by atoms with E-state index in [4.69, 9.17) is 16.7 Å². The molecule has 21 heavy (non-hydrogen) atoms. The molecule has 0 atom stereocenters. The van der Waals surface area contributed by atoms with Crippen LogP contribution in [0.5, 0.6) is 0 Å². The van der Waals surface area contributed by atoms with E-state index in [1.165, 1.54) is 0 Å². The number of sulfonamides is 1. The topological polar surface area (TPSA) is 83.5 Å². The molecule has 0 spiro atoms. The third-order valence-electron chi connectivity index (χ3n) is 3.76. The molecule has 0 radical (unpaired) electrons. The molecular formula is C13H15ClFNO4S. The van der Waals surface area contributed by atoms with Crippen LogP contribution in [-0.2, 0) is 14.8 Å². The van der Waals surface area contributed by atoms with Crippen molar-refractivity contribution in [1.29, 1.82) is 0 Å². The average molecular weight is 336 g/mol. The highest BCUT2D eigenvalue weighted by Crippen LogP contribution is 2.43. The minimum atomic E-state index is -3.89. The van der Waals surface area contributed by atoms with Gasteiger partial charge < -0.3 is 5.11 Å². The van der Waals surface area contributed by atoms with Gasteiger partial charge in [0.1, 0.15) is 10.7 Å². The van der Waals surface area contributed by atoms with Crippen LogP contribution in [-0.4, -0.2) is 26.0 Å². The van der Waals surface area contributed by atoms with E-state index in [2.05, 4.69) is 4.72 Å². The maximum atomic E-state index is 13.0. The summed E-state index contributed by atoms with van der Waals surface area (Å²) in [6.07, 6.45) is 2.14. The van der Waals surface area contributed by atoms with E-state index in [-0.39, 0.29) is 22.9 Å². The summed E-state index contributed by atoms with van der Waals surface area (Å²) < 4.78 is 39.7. The molecule has 0 bridgehead atoms. The Balaban J connectivity index is 2.12. The second kappa shape index (κ2) is 5.90. The molecular weight excluding hydrogens is 321 g/mol. The zero-order valence-corrected chi connectivity index (χ0v) is 12.7. The lowest BCUT2D eigenvalue weighted by atomic mass is 9.67. The number of hydrogen-bond acceptors (Lipinski definition) is 3. The molecule has 0 amide bonds. The van der Waals surface area contributed by atoms with Crippen molar-refractivity contribution in [3.63, 3.8) is 0 Å². The number of nitrogens with one attached hydrogen (secondary N) is 1. The van der Waals surface area contributed by atoms with E-state index < -0.39 is 27.2 Å². The molecule has 0 aromatic heterocycles. The minimum absolute atomic E-state index is 0.0370. The molecule has 1 aromatic rings. The van der Waals surface area contributed by atoms with Gasteiger partial charge in [0.2, 0.25) is 10.0 Å². The Labute approximate surface area is 127 Å². The lowest BCUT2D eigenvalue weighted by Gasteiger charge is -2.40. The monoisotopic (exact) mass is 335 g/mol. The van der Waals surface area contributed by atoms with Crippen molar-refractivity contribution >= 4 is 27.6 Å². The van der Waals surface area contributed by atoms with Gasteiger partial charge in [0, 0.05) is 6.54 Å². The number of rotatable bonds is 6. The van der Waals surface area contributed by atoms with E-state index in [0.717, 1.165) is 24.6 Å². The molecule has 116 valence electrons. The summed E-state index contributed by atoms with van der Waals surface area (Å²) in [4.78, 5) is 10.6. The van der Waals surface area contributed by atoms with Gasteiger partial charge in [-0.3, -0.25) is 4.79 Å². The molecule has 2 rings (SSSR count). The average Bonchev–Trinajstić information content (AvgIpc) is 2.31. The zero-order chi connectivity index (χ0) is 15.7. The summed E-state index contributed by atoms with van der Waals surface area (Å²) in [5.41, 5.74) is -0.536. The highest BCUT2D eigenvalue weighted by molar-refractivity contribution is 7.89. The van der Waals surface area contributed by atoms with Crippen LogP contribution >= 0.6 is 11.6 Å². The van der Waals surface area contributed by atoms with E-state index in [1.54, 1.807) is 0 Å². The second-order valence-electron chi connectivity index (χ2n) is 5.32. The van der Waals surface area contributed by atoms with Crippen LogP contribution in [0.4, 0.5) is 4.39 Å². The van der Waals surface area contributed by atoms with Gasteiger partial charge in [-0.25, -0.2) is 17.5 Å². The first-order valence-electron chi connectivity index (χ1n) is 6.41. The number of carbonyl (C=O) groups is 1. The maximum absolute atomic E-state index is 13.0.